The predicted octanol–water partition coefficient (Wildman–Crippen LogP) is 0.802. The van der Waals surface area contributed by atoms with Crippen molar-refractivity contribution >= 4 is 35.3 Å². The number of amides is 3. The first kappa shape index (κ1) is 12.6. The van der Waals surface area contributed by atoms with E-state index in [1.165, 1.54) is 0 Å². The van der Waals surface area contributed by atoms with E-state index in [1.807, 2.05) is 13.2 Å². The van der Waals surface area contributed by atoms with Gasteiger partial charge in [-0.3, -0.25) is 10.1 Å². The molecule has 0 bridgehead atoms. The summed E-state index contributed by atoms with van der Waals surface area (Å²) in [4.78, 5) is 21.6. The van der Waals surface area contributed by atoms with Gasteiger partial charge in [-0.1, -0.05) is 0 Å². The highest BCUT2D eigenvalue weighted by Gasteiger charge is 2.08. The van der Waals surface area contributed by atoms with Gasteiger partial charge in [0.2, 0.25) is 5.91 Å². The van der Waals surface area contributed by atoms with Crippen molar-refractivity contribution in [3.05, 3.63) is 0 Å². The minimum atomic E-state index is -0.493. The van der Waals surface area contributed by atoms with E-state index in [1.54, 1.807) is 11.8 Å². The molecule has 0 rings (SSSR count). The van der Waals surface area contributed by atoms with Gasteiger partial charge in [0.1, 0.15) is 5.88 Å². The van der Waals surface area contributed by atoms with Gasteiger partial charge in [0.15, 0.2) is 0 Å². The summed E-state index contributed by atoms with van der Waals surface area (Å²) < 4.78 is 0. The van der Waals surface area contributed by atoms with Crippen molar-refractivity contribution in [2.24, 2.45) is 0 Å². The average Bonchev–Trinajstić information content (AvgIpc) is 2.04. The minimum absolute atomic E-state index is 0.0399. The maximum atomic E-state index is 11.0. The van der Waals surface area contributed by atoms with Crippen molar-refractivity contribution in [3.63, 3.8) is 0 Å². The largest absolute Gasteiger partial charge is 0.335 e. The lowest BCUT2D eigenvalue weighted by Crippen LogP contribution is -2.44. The van der Waals surface area contributed by atoms with Crippen LogP contribution in [-0.4, -0.2) is 35.9 Å². The highest BCUT2D eigenvalue weighted by Crippen LogP contribution is 1.95. The first-order chi connectivity index (χ1) is 6.10. The quantitative estimate of drug-likeness (QED) is 0.695. The van der Waals surface area contributed by atoms with Crippen LogP contribution in [0, 0.1) is 0 Å². The second-order valence-electron chi connectivity index (χ2n) is 2.51. The SMILES string of the molecule is CSCC(C)NC(=O)NC(=O)CCl. The molecule has 0 aromatic rings. The van der Waals surface area contributed by atoms with Gasteiger partial charge in [-0.2, -0.15) is 11.8 Å². The van der Waals surface area contributed by atoms with Crippen molar-refractivity contribution in [1.82, 2.24) is 10.6 Å². The summed E-state index contributed by atoms with van der Waals surface area (Å²) in [5, 5.41) is 4.68. The fourth-order valence-corrected chi connectivity index (χ4v) is 1.36. The van der Waals surface area contributed by atoms with Gasteiger partial charge in [-0.25, -0.2) is 4.79 Å². The topological polar surface area (TPSA) is 58.2 Å². The first-order valence-electron chi connectivity index (χ1n) is 3.75. The molecule has 0 saturated carbocycles. The maximum Gasteiger partial charge on any atom is 0.321 e. The summed E-state index contributed by atoms with van der Waals surface area (Å²) in [7, 11) is 0. The van der Waals surface area contributed by atoms with Crippen LogP contribution < -0.4 is 10.6 Å². The van der Waals surface area contributed by atoms with Gasteiger partial charge in [-0.05, 0) is 13.2 Å². The number of hydrogen-bond acceptors (Lipinski definition) is 3. The number of urea groups is 1. The Morgan fingerprint density at radius 2 is 2.15 bits per heavy atom. The molecule has 0 saturated heterocycles. The molecule has 4 nitrogen and oxygen atoms in total. The van der Waals surface area contributed by atoms with Gasteiger partial charge in [-0.15, -0.1) is 11.6 Å². The maximum absolute atomic E-state index is 11.0. The summed E-state index contributed by atoms with van der Waals surface area (Å²) in [6, 6.07) is -0.453. The van der Waals surface area contributed by atoms with E-state index in [2.05, 4.69) is 10.6 Å². The first-order valence-corrected chi connectivity index (χ1v) is 5.68. The molecular formula is C7H13ClN2O2S. The zero-order valence-electron chi connectivity index (χ0n) is 7.59. The van der Waals surface area contributed by atoms with Crippen LogP contribution in [-0.2, 0) is 4.79 Å². The van der Waals surface area contributed by atoms with Crippen molar-refractivity contribution in [2.45, 2.75) is 13.0 Å². The van der Waals surface area contributed by atoms with Gasteiger partial charge in [0, 0.05) is 11.8 Å². The minimum Gasteiger partial charge on any atom is -0.335 e. The Hall–Kier alpha value is -0.420. The molecule has 1 atom stereocenters. The second-order valence-corrected chi connectivity index (χ2v) is 3.69. The van der Waals surface area contributed by atoms with Gasteiger partial charge in [0.05, 0.1) is 0 Å². The molecule has 0 aromatic heterocycles. The molecule has 13 heavy (non-hydrogen) atoms. The average molecular weight is 225 g/mol. The Balaban J connectivity index is 3.67. The molecule has 0 spiro atoms. The monoisotopic (exact) mass is 224 g/mol. The Morgan fingerprint density at radius 1 is 1.54 bits per heavy atom. The van der Waals surface area contributed by atoms with E-state index in [4.69, 9.17) is 11.6 Å². The van der Waals surface area contributed by atoms with Crippen LogP contribution in [0.15, 0.2) is 0 Å². The highest BCUT2D eigenvalue weighted by molar-refractivity contribution is 7.98. The summed E-state index contributed by atoms with van der Waals surface area (Å²) in [5.74, 6) is 0.114. The van der Waals surface area contributed by atoms with Gasteiger partial charge in [0.25, 0.3) is 0 Å². The van der Waals surface area contributed by atoms with Gasteiger partial charge >= 0.3 is 6.03 Å². The second kappa shape index (κ2) is 7.03. The lowest BCUT2D eigenvalue weighted by Gasteiger charge is -2.11. The van der Waals surface area contributed by atoms with E-state index >= 15 is 0 Å². The van der Waals surface area contributed by atoms with Crippen LogP contribution in [0.1, 0.15) is 6.92 Å². The fourth-order valence-electron chi connectivity index (χ4n) is 0.712. The van der Waals surface area contributed by atoms with Gasteiger partial charge < -0.3 is 5.32 Å². The molecule has 2 N–H and O–H groups in total. The van der Waals surface area contributed by atoms with Crippen molar-refractivity contribution in [3.8, 4) is 0 Å². The zero-order chi connectivity index (χ0) is 10.3. The Morgan fingerprint density at radius 3 is 2.62 bits per heavy atom. The Labute approximate surface area is 86.8 Å². The van der Waals surface area contributed by atoms with Crippen molar-refractivity contribution < 1.29 is 9.59 Å². The lowest BCUT2D eigenvalue weighted by atomic mass is 10.4. The molecule has 0 radical (unpaired) electrons. The summed E-state index contributed by atoms with van der Waals surface area (Å²) in [6.45, 7) is 1.86. The summed E-state index contributed by atoms with van der Waals surface area (Å²) in [5.41, 5.74) is 0. The summed E-state index contributed by atoms with van der Waals surface area (Å²) >= 11 is 6.82. The number of alkyl halides is 1. The Kier molecular flexibility index (Phi) is 6.80. The molecule has 0 aliphatic heterocycles. The van der Waals surface area contributed by atoms with Crippen molar-refractivity contribution in [2.75, 3.05) is 17.9 Å². The Bertz CT molecular complexity index is 189. The highest BCUT2D eigenvalue weighted by atomic mass is 35.5. The number of nitrogens with one attached hydrogen (secondary N) is 2. The molecular weight excluding hydrogens is 212 g/mol. The normalized spacial score (nSPS) is 11.9. The lowest BCUT2D eigenvalue weighted by molar-refractivity contribution is -0.117. The molecule has 6 heteroatoms. The standard InChI is InChI=1S/C7H13ClN2O2S/c1-5(4-13-2)9-7(12)10-6(11)3-8/h5H,3-4H2,1-2H3,(H2,9,10,11,12). The number of imide groups is 1. The molecule has 0 aliphatic carbocycles. The van der Waals surface area contributed by atoms with Crippen molar-refractivity contribution in [1.29, 1.82) is 0 Å². The van der Waals surface area contributed by atoms with Crippen LogP contribution in [0.4, 0.5) is 4.79 Å². The van der Waals surface area contributed by atoms with Crippen LogP contribution in [0.25, 0.3) is 0 Å². The third-order valence-corrected chi connectivity index (χ3v) is 2.24. The fraction of sp³-hybridized carbons (Fsp3) is 0.714. The predicted molar refractivity (Wildman–Crippen MR) is 55.2 cm³/mol. The van der Waals surface area contributed by atoms with Crippen LogP contribution >= 0.6 is 23.4 Å². The molecule has 0 heterocycles. The number of hydrogen-bond donors (Lipinski definition) is 2. The molecule has 0 aliphatic rings. The zero-order valence-corrected chi connectivity index (χ0v) is 9.17. The number of thioether (sulfide) groups is 1. The smallest absolute Gasteiger partial charge is 0.321 e. The molecule has 0 fully saturated rings. The van der Waals surface area contributed by atoms with Crippen LogP contribution in [0.3, 0.4) is 0 Å². The van der Waals surface area contributed by atoms with E-state index in [0.29, 0.717) is 0 Å². The van der Waals surface area contributed by atoms with Crippen LogP contribution in [0.5, 0.6) is 0 Å². The van der Waals surface area contributed by atoms with E-state index < -0.39 is 11.9 Å². The third kappa shape index (κ3) is 6.72. The number of rotatable bonds is 4. The number of halogens is 1. The number of carbonyl (C=O) groups excluding carboxylic acids is 2. The van der Waals surface area contributed by atoms with Crippen LogP contribution in [0.2, 0.25) is 0 Å². The third-order valence-electron chi connectivity index (χ3n) is 1.17. The van der Waals surface area contributed by atoms with E-state index in [9.17, 15) is 9.59 Å². The molecule has 3 amide bonds. The summed E-state index contributed by atoms with van der Waals surface area (Å²) in [6.07, 6.45) is 1.94. The molecule has 0 aromatic carbocycles. The molecule has 1 unspecified atom stereocenters. The van der Waals surface area contributed by atoms with E-state index in [0.717, 1.165) is 5.75 Å². The number of carbonyl (C=O) groups is 2. The van der Waals surface area contributed by atoms with E-state index in [-0.39, 0.29) is 11.9 Å². The molecule has 76 valence electrons.